The third-order valence-electron chi connectivity index (χ3n) is 1.54. The lowest BCUT2D eigenvalue weighted by Crippen LogP contribution is -2.25. The predicted octanol–water partition coefficient (Wildman–Crippen LogP) is -1.26. The summed E-state index contributed by atoms with van der Waals surface area (Å²) in [4.78, 5) is 10.3. The maximum absolute atomic E-state index is 10.3. The molecule has 0 saturated carbocycles. The first kappa shape index (κ1) is 9.66. The van der Waals surface area contributed by atoms with Gasteiger partial charge in [-0.1, -0.05) is 5.21 Å². The van der Waals surface area contributed by atoms with Crippen LogP contribution in [0.5, 0.6) is 0 Å². The molecule has 3 N–H and O–H groups in total. The van der Waals surface area contributed by atoms with Gasteiger partial charge in [0.1, 0.15) is 0 Å². The molecule has 0 fully saturated rings. The third-order valence-corrected chi connectivity index (χ3v) is 1.54. The topological polar surface area (TPSA) is 85.8 Å². The van der Waals surface area contributed by atoms with Crippen LogP contribution in [0.15, 0.2) is 12.4 Å². The van der Waals surface area contributed by atoms with E-state index in [0.717, 1.165) is 13.1 Å². The summed E-state index contributed by atoms with van der Waals surface area (Å²) in [5.74, 6) is -0.284. The fourth-order valence-corrected chi connectivity index (χ4v) is 0.882. The van der Waals surface area contributed by atoms with E-state index in [1.165, 1.54) is 0 Å². The second-order valence-electron chi connectivity index (χ2n) is 2.63. The van der Waals surface area contributed by atoms with Crippen molar-refractivity contribution in [2.75, 3.05) is 13.1 Å². The predicted molar refractivity (Wildman–Crippen MR) is 46.7 cm³/mol. The molecule has 1 aromatic heterocycles. The molecule has 1 amide bonds. The molecule has 0 spiro atoms. The molecule has 0 saturated heterocycles. The maximum Gasteiger partial charge on any atom is 0.218 e. The van der Waals surface area contributed by atoms with E-state index >= 15 is 0 Å². The number of hydrogen-bond donors (Lipinski definition) is 2. The van der Waals surface area contributed by atoms with E-state index in [4.69, 9.17) is 5.73 Å². The Hall–Kier alpha value is -1.43. The summed E-state index contributed by atoms with van der Waals surface area (Å²) in [5, 5.41) is 10.5. The highest BCUT2D eigenvalue weighted by Gasteiger charge is 1.93. The minimum Gasteiger partial charge on any atom is -0.370 e. The van der Waals surface area contributed by atoms with Crippen molar-refractivity contribution in [2.45, 2.75) is 13.0 Å². The highest BCUT2D eigenvalue weighted by atomic mass is 16.1. The van der Waals surface area contributed by atoms with Gasteiger partial charge < -0.3 is 11.1 Å². The minimum atomic E-state index is -0.284. The van der Waals surface area contributed by atoms with E-state index in [2.05, 4.69) is 15.6 Å². The quantitative estimate of drug-likeness (QED) is 0.539. The van der Waals surface area contributed by atoms with Crippen LogP contribution in [0.1, 0.15) is 6.42 Å². The Morgan fingerprint density at radius 1 is 1.54 bits per heavy atom. The summed E-state index contributed by atoms with van der Waals surface area (Å²) >= 11 is 0. The van der Waals surface area contributed by atoms with E-state index in [1.807, 2.05) is 0 Å². The third kappa shape index (κ3) is 4.22. The van der Waals surface area contributed by atoms with Gasteiger partial charge in [-0.25, -0.2) is 0 Å². The number of nitrogens with two attached hydrogens (primary N) is 1. The molecule has 0 aliphatic heterocycles. The summed E-state index contributed by atoms with van der Waals surface area (Å²) in [6, 6.07) is 0. The number of nitrogens with zero attached hydrogens (tertiary/aromatic N) is 3. The first-order valence-corrected chi connectivity index (χ1v) is 4.12. The highest BCUT2D eigenvalue weighted by molar-refractivity contribution is 5.73. The number of nitrogens with one attached hydrogen (secondary N) is 1. The van der Waals surface area contributed by atoms with Crippen molar-refractivity contribution in [1.82, 2.24) is 20.3 Å². The van der Waals surface area contributed by atoms with Gasteiger partial charge >= 0.3 is 0 Å². The van der Waals surface area contributed by atoms with Gasteiger partial charge in [-0.2, -0.15) is 0 Å². The zero-order valence-corrected chi connectivity index (χ0v) is 7.31. The lowest BCUT2D eigenvalue weighted by molar-refractivity contribution is -0.117. The van der Waals surface area contributed by atoms with Crippen molar-refractivity contribution in [3.05, 3.63) is 12.4 Å². The maximum atomic E-state index is 10.3. The van der Waals surface area contributed by atoms with Crippen molar-refractivity contribution >= 4 is 5.91 Å². The lowest BCUT2D eigenvalue weighted by Gasteiger charge is -2.02. The van der Waals surface area contributed by atoms with Crippen LogP contribution in [0.3, 0.4) is 0 Å². The van der Waals surface area contributed by atoms with E-state index in [0.29, 0.717) is 13.0 Å². The molecule has 6 heteroatoms. The number of carbonyl (C=O) groups excluding carboxylic acids is 1. The van der Waals surface area contributed by atoms with Crippen molar-refractivity contribution in [3.63, 3.8) is 0 Å². The Bertz CT molecular complexity index is 245. The molecule has 1 aromatic rings. The van der Waals surface area contributed by atoms with E-state index in [1.54, 1.807) is 17.1 Å². The van der Waals surface area contributed by atoms with Crippen LogP contribution in [0.4, 0.5) is 0 Å². The van der Waals surface area contributed by atoms with Gasteiger partial charge in [0.05, 0.1) is 12.7 Å². The normalized spacial score (nSPS) is 10.2. The molecule has 0 aromatic carbocycles. The molecule has 72 valence electrons. The average molecular weight is 183 g/mol. The summed E-state index contributed by atoms with van der Waals surface area (Å²) < 4.78 is 1.72. The molecule has 0 unspecified atom stereocenters. The Kier molecular flexibility index (Phi) is 3.90. The molecule has 0 atom stereocenters. The number of amides is 1. The Labute approximate surface area is 76.1 Å². The highest BCUT2D eigenvalue weighted by Crippen LogP contribution is 1.79. The zero-order chi connectivity index (χ0) is 9.52. The van der Waals surface area contributed by atoms with Crippen LogP contribution in [0, 0.1) is 0 Å². The summed E-state index contributed by atoms with van der Waals surface area (Å²) in [6.45, 7) is 2.12. The van der Waals surface area contributed by atoms with Crippen molar-refractivity contribution in [1.29, 1.82) is 0 Å². The van der Waals surface area contributed by atoms with Crippen LogP contribution in [-0.2, 0) is 11.3 Å². The second-order valence-corrected chi connectivity index (χ2v) is 2.63. The minimum absolute atomic E-state index is 0.284. The summed E-state index contributed by atoms with van der Waals surface area (Å²) in [5.41, 5.74) is 4.96. The monoisotopic (exact) mass is 183 g/mol. The number of rotatable bonds is 6. The molecular formula is C7H13N5O. The number of hydrogen-bond acceptors (Lipinski definition) is 4. The second kappa shape index (κ2) is 5.26. The fourth-order valence-electron chi connectivity index (χ4n) is 0.882. The van der Waals surface area contributed by atoms with Gasteiger partial charge in [0.15, 0.2) is 0 Å². The standard InChI is InChI=1S/C7H13N5O/c8-7(13)1-2-9-3-5-12-6-4-10-11-12/h4,6,9H,1-3,5H2,(H2,8,13). The molecule has 0 aliphatic carbocycles. The first-order valence-electron chi connectivity index (χ1n) is 4.12. The molecule has 13 heavy (non-hydrogen) atoms. The van der Waals surface area contributed by atoms with Crippen molar-refractivity contribution in [3.8, 4) is 0 Å². The number of aromatic nitrogens is 3. The molecule has 0 radical (unpaired) electrons. The summed E-state index contributed by atoms with van der Waals surface area (Å²) in [7, 11) is 0. The van der Waals surface area contributed by atoms with Gasteiger partial charge in [0.2, 0.25) is 5.91 Å². The van der Waals surface area contributed by atoms with Crippen LogP contribution in [0.25, 0.3) is 0 Å². The van der Waals surface area contributed by atoms with E-state index in [9.17, 15) is 4.79 Å². The number of primary amides is 1. The average Bonchev–Trinajstić information content (AvgIpc) is 2.55. The Balaban J connectivity index is 1.99. The summed E-state index contributed by atoms with van der Waals surface area (Å²) in [6.07, 6.45) is 3.79. The van der Waals surface area contributed by atoms with Gasteiger partial charge in [0.25, 0.3) is 0 Å². The number of carbonyl (C=O) groups is 1. The fraction of sp³-hybridized carbons (Fsp3) is 0.571. The van der Waals surface area contributed by atoms with Crippen molar-refractivity contribution < 1.29 is 4.79 Å². The Morgan fingerprint density at radius 3 is 3.00 bits per heavy atom. The van der Waals surface area contributed by atoms with Gasteiger partial charge in [-0.15, -0.1) is 5.10 Å². The zero-order valence-electron chi connectivity index (χ0n) is 7.31. The molecule has 0 aliphatic rings. The van der Waals surface area contributed by atoms with Crippen LogP contribution < -0.4 is 11.1 Å². The van der Waals surface area contributed by atoms with Gasteiger partial charge in [0, 0.05) is 25.7 Å². The Morgan fingerprint density at radius 2 is 2.38 bits per heavy atom. The van der Waals surface area contributed by atoms with E-state index < -0.39 is 0 Å². The van der Waals surface area contributed by atoms with Crippen LogP contribution >= 0.6 is 0 Å². The lowest BCUT2D eigenvalue weighted by atomic mass is 10.4. The first-order chi connectivity index (χ1) is 6.29. The van der Waals surface area contributed by atoms with Crippen molar-refractivity contribution in [2.24, 2.45) is 5.73 Å². The smallest absolute Gasteiger partial charge is 0.218 e. The SMILES string of the molecule is NC(=O)CCNCCn1ccnn1. The molecule has 1 heterocycles. The van der Waals surface area contributed by atoms with Gasteiger partial charge in [-0.05, 0) is 0 Å². The van der Waals surface area contributed by atoms with Gasteiger partial charge in [-0.3, -0.25) is 9.48 Å². The van der Waals surface area contributed by atoms with Crippen LogP contribution in [0.2, 0.25) is 0 Å². The molecule has 0 bridgehead atoms. The molecular weight excluding hydrogens is 170 g/mol. The van der Waals surface area contributed by atoms with E-state index in [-0.39, 0.29) is 5.91 Å². The largest absolute Gasteiger partial charge is 0.370 e. The molecule has 6 nitrogen and oxygen atoms in total. The van der Waals surface area contributed by atoms with Crippen LogP contribution in [-0.4, -0.2) is 34.0 Å². The molecule has 1 rings (SSSR count).